The second-order valence-corrected chi connectivity index (χ2v) is 12.6. The molecule has 0 aromatic heterocycles. The summed E-state index contributed by atoms with van der Waals surface area (Å²) in [6.45, 7) is 3.41. The maximum absolute atomic E-state index is 14.2. The number of imide groups is 1. The van der Waals surface area contributed by atoms with Crippen LogP contribution >= 0.6 is 46.4 Å². The molecule has 208 valence electrons. The first-order valence-corrected chi connectivity index (χ1v) is 13.5. The Morgan fingerprint density at radius 2 is 1.67 bits per heavy atom. The third-order valence-corrected chi connectivity index (χ3v) is 9.06. The fraction of sp³-hybridized carbons (Fsp3) is 0.423. The van der Waals surface area contributed by atoms with Crippen molar-refractivity contribution in [2.75, 3.05) is 16.8 Å². The zero-order valence-corrected chi connectivity index (χ0v) is 23.9. The number of halogens is 6. The molecule has 4 atom stereocenters. The number of fused-ring (bicyclic) bond motifs is 3. The second-order valence-electron chi connectivity index (χ2n) is 10.9. The van der Waals surface area contributed by atoms with E-state index in [2.05, 4.69) is 28.8 Å². The Kier molecular flexibility index (Phi) is 7.08. The molecule has 0 radical (unpaired) electrons. The number of anilines is 2. The van der Waals surface area contributed by atoms with E-state index >= 15 is 0 Å². The average molecular weight is 621 g/mol. The van der Waals surface area contributed by atoms with Crippen LogP contribution in [0.5, 0.6) is 5.75 Å². The first-order valence-electron chi connectivity index (χ1n) is 12.0. The molecule has 3 amide bonds. The van der Waals surface area contributed by atoms with Gasteiger partial charge in [-0.3, -0.25) is 19.3 Å². The third-order valence-electron chi connectivity index (χ3n) is 7.98. The summed E-state index contributed by atoms with van der Waals surface area (Å²) in [6.07, 6.45) is 1.12. The fourth-order valence-electron chi connectivity index (χ4n) is 6.63. The normalized spacial score (nSPS) is 27.7. The number of hydrogen-bond acceptors (Lipinski definition) is 5. The maximum atomic E-state index is 14.2. The lowest BCUT2D eigenvalue weighted by Gasteiger charge is -2.41. The van der Waals surface area contributed by atoms with E-state index in [-0.39, 0.29) is 32.2 Å². The number of carbonyl (C=O) groups excluding carboxylic acids is 3. The SMILES string of the molecule is CC1(C)CC2C3C(=O)N(c4cc(Cl)c(OC(F)F)c(Cl)c4)C(=O)C3C(C)(c3cc(Cl)cc(Cl)c3NC=O)N2C1. The second kappa shape index (κ2) is 9.73. The van der Waals surface area contributed by atoms with Gasteiger partial charge in [0.05, 0.1) is 43.8 Å². The molecule has 3 aliphatic heterocycles. The van der Waals surface area contributed by atoms with Gasteiger partial charge in [-0.05, 0) is 48.6 Å². The van der Waals surface area contributed by atoms with Crippen LogP contribution in [0.25, 0.3) is 0 Å². The summed E-state index contributed by atoms with van der Waals surface area (Å²) in [4.78, 5) is 42.9. The lowest BCUT2D eigenvalue weighted by atomic mass is 9.73. The summed E-state index contributed by atoms with van der Waals surface area (Å²) in [5.41, 5.74) is -0.452. The summed E-state index contributed by atoms with van der Waals surface area (Å²) >= 11 is 25.2. The first kappa shape index (κ1) is 28.4. The van der Waals surface area contributed by atoms with Gasteiger partial charge in [-0.1, -0.05) is 60.3 Å². The van der Waals surface area contributed by atoms with Crippen molar-refractivity contribution in [1.29, 1.82) is 0 Å². The van der Waals surface area contributed by atoms with Crippen LogP contribution in [0.15, 0.2) is 24.3 Å². The summed E-state index contributed by atoms with van der Waals surface area (Å²) < 4.78 is 30.1. The van der Waals surface area contributed by atoms with Crippen molar-refractivity contribution in [3.63, 3.8) is 0 Å². The van der Waals surface area contributed by atoms with Crippen LogP contribution in [0.2, 0.25) is 20.1 Å². The zero-order chi connectivity index (χ0) is 28.6. The Balaban J connectivity index is 1.67. The molecule has 7 nitrogen and oxygen atoms in total. The lowest BCUT2D eigenvalue weighted by Crippen LogP contribution is -2.49. The Labute approximate surface area is 243 Å². The highest BCUT2D eigenvalue weighted by molar-refractivity contribution is 6.38. The highest BCUT2D eigenvalue weighted by Gasteiger charge is 2.70. The van der Waals surface area contributed by atoms with Gasteiger partial charge in [-0.25, -0.2) is 4.90 Å². The Bertz CT molecular complexity index is 1380. The van der Waals surface area contributed by atoms with E-state index in [4.69, 9.17) is 46.4 Å². The Morgan fingerprint density at radius 1 is 1.03 bits per heavy atom. The van der Waals surface area contributed by atoms with Gasteiger partial charge in [-0.2, -0.15) is 8.78 Å². The minimum Gasteiger partial charge on any atom is -0.432 e. The summed E-state index contributed by atoms with van der Waals surface area (Å²) in [7, 11) is 0. The molecule has 0 saturated carbocycles. The van der Waals surface area contributed by atoms with Crippen molar-refractivity contribution in [3.05, 3.63) is 49.9 Å². The Hall–Kier alpha value is -2.17. The minimum atomic E-state index is -3.17. The van der Waals surface area contributed by atoms with E-state index in [1.54, 1.807) is 6.07 Å². The number of rotatable bonds is 6. The average Bonchev–Trinajstić information content (AvgIpc) is 3.37. The molecule has 39 heavy (non-hydrogen) atoms. The molecule has 1 N–H and O–H groups in total. The number of nitrogens with one attached hydrogen (secondary N) is 1. The smallest absolute Gasteiger partial charge is 0.387 e. The molecule has 3 aliphatic rings. The molecule has 0 bridgehead atoms. The molecule has 5 rings (SSSR count). The van der Waals surface area contributed by atoms with E-state index in [1.807, 2.05) is 6.92 Å². The van der Waals surface area contributed by atoms with E-state index in [0.29, 0.717) is 35.6 Å². The standard InChI is InChI=1S/C26H23Cl4F2N3O4/c1-25(2)8-17-18-19(26(3,34(17)9-25)13-4-11(27)5-14(28)20(13)33-10-36)23(38)35(22(18)37)12-6-15(29)21(16(30)7-12)39-24(31)32/h4-7,10,17-19,24H,8-9H2,1-3H3,(H,33,36). The first-order chi connectivity index (χ1) is 18.2. The van der Waals surface area contributed by atoms with Crippen molar-refractivity contribution in [1.82, 2.24) is 4.90 Å². The van der Waals surface area contributed by atoms with Gasteiger partial charge in [0.15, 0.2) is 5.75 Å². The molecule has 2 aromatic rings. The van der Waals surface area contributed by atoms with Crippen LogP contribution in [0.4, 0.5) is 20.2 Å². The van der Waals surface area contributed by atoms with E-state index in [0.717, 1.165) is 4.90 Å². The fourth-order valence-corrected chi connectivity index (χ4v) is 7.74. The number of alkyl halides is 2. The predicted molar refractivity (Wildman–Crippen MR) is 145 cm³/mol. The summed E-state index contributed by atoms with van der Waals surface area (Å²) in [5.74, 6) is -3.08. The van der Waals surface area contributed by atoms with Gasteiger partial charge in [0.2, 0.25) is 18.2 Å². The lowest BCUT2D eigenvalue weighted by molar-refractivity contribution is -0.125. The van der Waals surface area contributed by atoms with Crippen LogP contribution < -0.4 is 15.0 Å². The van der Waals surface area contributed by atoms with Gasteiger partial charge in [0.1, 0.15) is 0 Å². The van der Waals surface area contributed by atoms with Gasteiger partial charge >= 0.3 is 6.61 Å². The quantitative estimate of drug-likeness (QED) is 0.291. The molecule has 0 spiro atoms. The molecule has 0 aliphatic carbocycles. The summed E-state index contributed by atoms with van der Waals surface area (Å²) in [6, 6.07) is 5.22. The van der Waals surface area contributed by atoms with Gasteiger partial charge in [-0.15, -0.1) is 0 Å². The largest absolute Gasteiger partial charge is 0.432 e. The van der Waals surface area contributed by atoms with Gasteiger partial charge < -0.3 is 10.1 Å². The van der Waals surface area contributed by atoms with Crippen LogP contribution in [-0.4, -0.2) is 42.3 Å². The molecule has 3 saturated heterocycles. The Morgan fingerprint density at radius 3 is 2.26 bits per heavy atom. The molecule has 3 heterocycles. The van der Waals surface area contributed by atoms with Crippen molar-refractivity contribution >= 4 is 76.0 Å². The van der Waals surface area contributed by atoms with Crippen LogP contribution in [0.3, 0.4) is 0 Å². The van der Waals surface area contributed by atoms with Crippen molar-refractivity contribution < 1.29 is 27.9 Å². The van der Waals surface area contributed by atoms with Gasteiger partial charge in [0, 0.05) is 17.6 Å². The number of amides is 3. The number of benzene rings is 2. The highest BCUT2D eigenvalue weighted by Crippen LogP contribution is 2.61. The number of carbonyl (C=O) groups is 3. The van der Waals surface area contributed by atoms with E-state index in [1.165, 1.54) is 18.2 Å². The topological polar surface area (TPSA) is 79.0 Å². The molecular formula is C26H23Cl4F2N3O4. The van der Waals surface area contributed by atoms with Crippen LogP contribution in [0.1, 0.15) is 32.8 Å². The number of ether oxygens (including phenoxy) is 1. The maximum Gasteiger partial charge on any atom is 0.387 e. The summed E-state index contributed by atoms with van der Waals surface area (Å²) in [5, 5.41) is 2.57. The number of nitrogens with zero attached hydrogens (tertiary/aromatic N) is 2. The van der Waals surface area contributed by atoms with Gasteiger partial charge in [0.25, 0.3) is 0 Å². The third kappa shape index (κ3) is 4.37. The highest BCUT2D eigenvalue weighted by atomic mass is 35.5. The van der Waals surface area contributed by atoms with Crippen LogP contribution in [-0.2, 0) is 19.9 Å². The molecule has 3 fully saturated rings. The molecule has 2 aromatic carbocycles. The van der Waals surface area contributed by atoms with Crippen molar-refractivity contribution in [2.24, 2.45) is 17.3 Å². The predicted octanol–water partition coefficient (Wildman–Crippen LogP) is 6.61. The minimum absolute atomic E-state index is 0.0394. The van der Waals surface area contributed by atoms with E-state index < -0.39 is 41.6 Å². The molecule has 13 heteroatoms. The zero-order valence-electron chi connectivity index (χ0n) is 20.9. The number of hydrogen-bond donors (Lipinski definition) is 1. The van der Waals surface area contributed by atoms with Crippen molar-refractivity contribution in [2.45, 2.75) is 45.4 Å². The van der Waals surface area contributed by atoms with E-state index in [9.17, 15) is 23.2 Å². The monoisotopic (exact) mass is 619 g/mol. The molecule has 4 unspecified atom stereocenters. The van der Waals surface area contributed by atoms with Crippen molar-refractivity contribution in [3.8, 4) is 5.75 Å². The van der Waals surface area contributed by atoms with Crippen LogP contribution in [0, 0.1) is 17.3 Å². The molecular weight excluding hydrogens is 598 g/mol.